The Morgan fingerprint density at radius 1 is 0.968 bits per heavy atom. The number of ketones is 1. The number of pyridine rings is 1. The van der Waals surface area contributed by atoms with Crippen molar-refractivity contribution < 1.29 is 14.7 Å². The number of aliphatic hydroxyl groups is 1. The van der Waals surface area contributed by atoms with E-state index in [2.05, 4.69) is 4.98 Å². The van der Waals surface area contributed by atoms with E-state index in [-0.39, 0.29) is 11.3 Å². The number of hydrogen-bond acceptors (Lipinski definition) is 4. The second-order valence-electron chi connectivity index (χ2n) is 7.99. The van der Waals surface area contributed by atoms with Crippen molar-refractivity contribution in [2.24, 2.45) is 0 Å². The Labute approximate surface area is 181 Å². The van der Waals surface area contributed by atoms with Gasteiger partial charge in [0.15, 0.2) is 0 Å². The fourth-order valence-corrected chi connectivity index (χ4v) is 4.07. The van der Waals surface area contributed by atoms with Gasteiger partial charge in [-0.3, -0.25) is 19.5 Å². The molecule has 1 fully saturated rings. The van der Waals surface area contributed by atoms with Crippen molar-refractivity contribution >= 4 is 23.1 Å². The molecule has 156 valence electrons. The Balaban J connectivity index is 2.01. The largest absolute Gasteiger partial charge is 0.507 e. The molecule has 0 spiro atoms. The summed E-state index contributed by atoms with van der Waals surface area (Å²) in [5.41, 5.74) is 5.63. The summed E-state index contributed by atoms with van der Waals surface area (Å²) in [6.45, 7) is 7.68. The van der Waals surface area contributed by atoms with Crippen molar-refractivity contribution in [3.8, 4) is 0 Å². The Morgan fingerprint density at radius 3 is 2.45 bits per heavy atom. The van der Waals surface area contributed by atoms with Gasteiger partial charge in [-0.05, 0) is 68.1 Å². The van der Waals surface area contributed by atoms with Gasteiger partial charge >= 0.3 is 0 Å². The number of rotatable bonds is 3. The standard InChI is InChI=1S/C26H24N2O3/c1-15-10-11-17(3)20(13-15)24(29)22-23(19-8-6-12-27-14-19)28(26(31)25(22)30)21-9-5-7-16(2)18(21)4/h5-14,23,29H,1-4H3/b24-22+. The lowest BCUT2D eigenvalue weighted by molar-refractivity contribution is -0.132. The first-order valence-corrected chi connectivity index (χ1v) is 10.2. The third-order valence-electron chi connectivity index (χ3n) is 5.93. The summed E-state index contributed by atoms with van der Waals surface area (Å²) in [4.78, 5) is 32.2. The van der Waals surface area contributed by atoms with Crippen LogP contribution < -0.4 is 4.90 Å². The van der Waals surface area contributed by atoms with E-state index in [1.165, 1.54) is 4.90 Å². The van der Waals surface area contributed by atoms with Gasteiger partial charge in [0.25, 0.3) is 11.7 Å². The smallest absolute Gasteiger partial charge is 0.300 e. The summed E-state index contributed by atoms with van der Waals surface area (Å²) < 4.78 is 0. The highest BCUT2D eigenvalue weighted by atomic mass is 16.3. The zero-order valence-corrected chi connectivity index (χ0v) is 18.0. The normalized spacial score (nSPS) is 17.9. The molecule has 1 aliphatic rings. The van der Waals surface area contributed by atoms with Crippen LogP contribution in [0.5, 0.6) is 0 Å². The van der Waals surface area contributed by atoms with Gasteiger partial charge in [0, 0.05) is 23.6 Å². The van der Waals surface area contributed by atoms with Crippen LogP contribution in [0.25, 0.3) is 5.76 Å². The predicted molar refractivity (Wildman–Crippen MR) is 121 cm³/mol. The van der Waals surface area contributed by atoms with E-state index in [1.807, 2.05) is 70.2 Å². The second kappa shape index (κ2) is 7.84. The van der Waals surface area contributed by atoms with Crippen molar-refractivity contribution in [2.75, 3.05) is 4.90 Å². The fourth-order valence-electron chi connectivity index (χ4n) is 4.07. The van der Waals surface area contributed by atoms with Crippen LogP contribution in [0.2, 0.25) is 0 Å². The number of benzene rings is 2. The lowest BCUT2D eigenvalue weighted by Gasteiger charge is -2.27. The summed E-state index contributed by atoms with van der Waals surface area (Å²) in [6, 6.07) is 14.1. The van der Waals surface area contributed by atoms with E-state index >= 15 is 0 Å². The van der Waals surface area contributed by atoms with E-state index in [9.17, 15) is 14.7 Å². The molecule has 1 amide bonds. The van der Waals surface area contributed by atoms with Crippen molar-refractivity contribution in [2.45, 2.75) is 33.7 Å². The number of anilines is 1. The van der Waals surface area contributed by atoms with Crippen molar-refractivity contribution in [1.29, 1.82) is 0 Å². The number of carbonyl (C=O) groups is 2. The minimum atomic E-state index is -0.769. The molecule has 2 heterocycles. The molecule has 31 heavy (non-hydrogen) atoms. The number of Topliss-reactive ketones (excluding diaryl/α,β-unsaturated/α-hetero) is 1. The molecule has 1 N–H and O–H groups in total. The number of aromatic nitrogens is 1. The molecule has 1 atom stereocenters. The monoisotopic (exact) mass is 412 g/mol. The molecule has 0 radical (unpaired) electrons. The van der Waals surface area contributed by atoms with E-state index in [1.54, 1.807) is 18.5 Å². The zero-order valence-electron chi connectivity index (χ0n) is 18.0. The Morgan fingerprint density at radius 2 is 1.74 bits per heavy atom. The van der Waals surface area contributed by atoms with Crippen LogP contribution in [-0.2, 0) is 9.59 Å². The van der Waals surface area contributed by atoms with Gasteiger partial charge in [-0.1, -0.05) is 35.9 Å². The number of aliphatic hydroxyl groups excluding tert-OH is 1. The minimum absolute atomic E-state index is 0.0765. The minimum Gasteiger partial charge on any atom is -0.507 e. The Hall–Kier alpha value is -3.73. The van der Waals surface area contributed by atoms with Crippen molar-refractivity contribution in [3.63, 3.8) is 0 Å². The molecule has 0 aliphatic carbocycles. The molecule has 4 rings (SSSR count). The van der Waals surface area contributed by atoms with Crippen LogP contribution in [0.4, 0.5) is 5.69 Å². The van der Waals surface area contributed by atoms with Crippen LogP contribution in [0.3, 0.4) is 0 Å². The molecule has 1 aromatic heterocycles. The number of hydrogen-bond donors (Lipinski definition) is 1. The quantitative estimate of drug-likeness (QED) is 0.376. The molecule has 1 saturated heterocycles. The SMILES string of the molecule is Cc1ccc(C)c(/C(O)=C2\C(=O)C(=O)N(c3cccc(C)c3C)C2c2cccnc2)c1. The van der Waals surface area contributed by atoms with Gasteiger partial charge in [-0.15, -0.1) is 0 Å². The molecule has 3 aromatic rings. The molecule has 5 heteroatoms. The summed E-state index contributed by atoms with van der Waals surface area (Å²) >= 11 is 0. The van der Waals surface area contributed by atoms with Gasteiger partial charge in [0.05, 0.1) is 11.6 Å². The molecule has 1 unspecified atom stereocenters. The highest BCUT2D eigenvalue weighted by molar-refractivity contribution is 6.51. The van der Waals surface area contributed by atoms with Crippen LogP contribution in [0, 0.1) is 27.7 Å². The third-order valence-corrected chi connectivity index (χ3v) is 5.93. The fraction of sp³-hybridized carbons (Fsp3) is 0.192. The Kier molecular flexibility index (Phi) is 5.19. The number of aryl methyl sites for hydroxylation is 3. The molecule has 0 saturated carbocycles. The average molecular weight is 412 g/mol. The number of carbonyl (C=O) groups excluding carboxylic acids is 2. The van der Waals surface area contributed by atoms with E-state index in [0.717, 1.165) is 22.3 Å². The van der Waals surface area contributed by atoms with E-state index in [4.69, 9.17) is 0 Å². The topological polar surface area (TPSA) is 70.5 Å². The highest BCUT2D eigenvalue weighted by Gasteiger charge is 2.47. The van der Waals surface area contributed by atoms with Crippen LogP contribution >= 0.6 is 0 Å². The summed E-state index contributed by atoms with van der Waals surface area (Å²) in [5.74, 6) is -1.52. The number of nitrogens with zero attached hydrogens (tertiary/aromatic N) is 2. The second-order valence-corrected chi connectivity index (χ2v) is 7.99. The van der Waals surface area contributed by atoms with Gasteiger partial charge in [0.1, 0.15) is 5.76 Å². The first-order valence-electron chi connectivity index (χ1n) is 10.2. The predicted octanol–water partition coefficient (Wildman–Crippen LogP) is 4.94. The highest BCUT2D eigenvalue weighted by Crippen LogP contribution is 2.43. The maximum absolute atomic E-state index is 13.3. The average Bonchev–Trinajstić information content (AvgIpc) is 3.03. The molecule has 5 nitrogen and oxygen atoms in total. The van der Waals surface area contributed by atoms with Gasteiger partial charge in [-0.25, -0.2) is 0 Å². The van der Waals surface area contributed by atoms with Gasteiger partial charge in [-0.2, -0.15) is 0 Å². The van der Waals surface area contributed by atoms with Crippen LogP contribution in [-0.4, -0.2) is 21.8 Å². The van der Waals surface area contributed by atoms with E-state index < -0.39 is 17.7 Å². The third kappa shape index (κ3) is 3.42. The maximum Gasteiger partial charge on any atom is 0.300 e. The molecular formula is C26H24N2O3. The molecule has 0 bridgehead atoms. The molecule has 2 aromatic carbocycles. The van der Waals surface area contributed by atoms with Crippen LogP contribution in [0.15, 0.2) is 66.5 Å². The lowest BCUT2D eigenvalue weighted by atomic mass is 9.93. The van der Waals surface area contributed by atoms with Gasteiger partial charge < -0.3 is 5.11 Å². The summed E-state index contributed by atoms with van der Waals surface area (Å²) in [6.07, 6.45) is 3.27. The first-order chi connectivity index (χ1) is 14.8. The summed E-state index contributed by atoms with van der Waals surface area (Å²) in [7, 11) is 0. The lowest BCUT2D eigenvalue weighted by Crippen LogP contribution is -2.30. The summed E-state index contributed by atoms with van der Waals surface area (Å²) in [5, 5.41) is 11.3. The molecule has 1 aliphatic heterocycles. The van der Waals surface area contributed by atoms with Crippen molar-refractivity contribution in [3.05, 3.63) is 99.9 Å². The number of amides is 1. The Bertz CT molecular complexity index is 1230. The van der Waals surface area contributed by atoms with Crippen molar-refractivity contribution in [1.82, 2.24) is 4.98 Å². The van der Waals surface area contributed by atoms with Gasteiger partial charge in [0.2, 0.25) is 0 Å². The van der Waals surface area contributed by atoms with E-state index in [0.29, 0.717) is 16.8 Å². The first kappa shape index (κ1) is 20.5. The maximum atomic E-state index is 13.3. The van der Waals surface area contributed by atoms with Crippen LogP contribution in [0.1, 0.15) is 39.4 Å². The molecular weight excluding hydrogens is 388 g/mol. The zero-order chi connectivity index (χ0) is 22.3.